The van der Waals surface area contributed by atoms with Crippen LogP contribution < -0.4 is 4.74 Å². The molecule has 1 saturated carbocycles. The Balaban J connectivity index is 2.18. The minimum atomic E-state index is -0.682. The highest BCUT2D eigenvalue weighted by atomic mass is 16.5. The zero-order valence-corrected chi connectivity index (χ0v) is 15.2. The molecule has 132 valence electrons. The number of Topliss-reactive ketones (excluding diaryl/α,β-unsaturated/α-hetero) is 1. The van der Waals surface area contributed by atoms with Gasteiger partial charge in [-0.15, -0.1) is 0 Å². The molecule has 0 radical (unpaired) electrons. The highest BCUT2D eigenvalue weighted by Crippen LogP contribution is 2.39. The third-order valence-electron chi connectivity index (χ3n) is 4.82. The van der Waals surface area contributed by atoms with Crippen LogP contribution in [-0.2, 0) is 14.3 Å². The quantitative estimate of drug-likeness (QED) is 0.584. The standard InChI is InChI=1S/C20H28O4/c1-12(2)19(13(3)4)24-20(22)18-16(10-11-17(18)21)14-6-8-15(23-5)9-7-14/h6-9,12-13,16,18-19H,10-11H2,1-5H3/t16-,18-/m0/s1. The van der Waals surface area contributed by atoms with E-state index in [1.807, 2.05) is 52.0 Å². The molecule has 1 aliphatic rings. The fraction of sp³-hybridized carbons (Fsp3) is 0.600. The second-order valence-electron chi connectivity index (χ2n) is 7.25. The summed E-state index contributed by atoms with van der Waals surface area (Å²) < 4.78 is 10.9. The van der Waals surface area contributed by atoms with Crippen molar-refractivity contribution in [3.63, 3.8) is 0 Å². The van der Waals surface area contributed by atoms with Crippen molar-refractivity contribution in [2.24, 2.45) is 17.8 Å². The first-order valence-electron chi connectivity index (χ1n) is 8.72. The topological polar surface area (TPSA) is 52.6 Å². The molecule has 1 aromatic rings. The van der Waals surface area contributed by atoms with Gasteiger partial charge < -0.3 is 9.47 Å². The van der Waals surface area contributed by atoms with Crippen LogP contribution >= 0.6 is 0 Å². The van der Waals surface area contributed by atoms with Gasteiger partial charge in [0, 0.05) is 12.3 Å². The van der Waals surface area contributed by atoms with Crippen LogP contribution in [0, 0.1) is 17.8 Å². The molecule has 4 nitrogen and oxygen atoms in total. The van der Waals surface area contributed by atoms with E-state index in [4.69, 9.17) is 9.47 Å². The fourth-order valence-corrected chi connectivity index (χ4v) is 3.60. The zero-order chi connectivity index (χ0) is 17.9. The lowest BCUT2D eigenvalue weighted by Crippen LogP contribution is -2.34. The first kappa shape index (κ1) is 18.5. The highest BCUT2D eigenvalue weighted by Gasteiger charge is 2.43. The molecule has 1 aromatic carbocycles. The molecule has 0 N–H and O–H groups in total. The van der Waals surface area contributed by atoms with Gasteiger partial charge in [-0.25, -0.2) is 0 Å². The number of esters is 1. The Morgan fingerprint density at radius 3 is 2.17 bits per heavy atom. The van der Waals surface area contributed by atoms with Crippen molar-refractivity contribution in [2.75, 3.05) is 7.11 Å². The van der Waals surface area contributed by atoms with E-state index in [-0.39, 0.29) is 35.6 Å². The zero-order valence-electron chi connectivity index (χ0n) is 15.2. The average molecular weight is 332 g/mol. The van der Waals surface area contributed by atoms with Crippen molar-refractivity contribution in [1.29, 1.82) is 0 Å². The summed E-state index contributed by atoms with van der Waals surface area (Å²) >= 11 is 0. The molecule has 4 heteroatoms. The lowest BCUT2D eigenvalue weighted by Gasteiger charge is -2.27. The first-order chi connectivity index (χ1) is 11.3. The van der Waals surface area contributed by atoms with Crippen LogP contribution in [0.2, 0.25) is 0 Å². The third-order valence-corrected chi connectivity index (χ3v) is 4.82. The van der Waals surface area contributed by atoms with Crippen molar-refractivity contribution in [3.8, 4) is 5.75 Å². The molecule has 1 aliphatic carbocycles. The number of benzene rings is 1. The number of ether oxygens (including phenoxy) is 2. The Hall–Kier alpha value is -1.84. The average Bonchev–Trinajstić information content (AvgIpc) is 2.93. The summed E-state index contributed by atoms with van der Waals surface area (Å²) in [7, 11) is 1.62. The third kappa shape index (κ3) is 3.97. The Bertz CT molecular complexity index is 566. The van der Waals surface area contributed by atoms with E-state index in [2.05, 4.69) is 0 Å². The van der Waals surface area contributed by atoms with E-state index < -0.39 is 5.92 Å². The summed E-state index contributed by atoms with van der Waals surface area (Å²) in [5.41, 5.74) is 0.995. The summed E-state index contributed by atoms with van der Waals surface area (Å²) in [4.78, 5) is 25.0. The number of rotatable bonds is 6. The van der Waals surface area contributed by atoms with Crippen molar-refractivity contribution in [1.82, 2.24) is 0 Å². The van der Waals surface area contributed by atoms with Gasteiger partial charge in [-0.3, -0.25) is 9.59 Å². The predicted octanol–water partition coefficient (Wildman–Crippen LogP) is 3.98. The molecule has 2 atom stereocenters. The van der Waals surface area contributed by atoms with Crippen LogP contribution in [0.3, 0.4) is 0 Å². The minimum absolute atomic E-state index is 0.00733. The summed E-state index contributed by atoms with van der Waals surface area (Å²) in [5, 5.41) is 0. The van der Waals surface area contributed by atoms with E-state index in [0.717, 1.165) is 11.3 Å². The summed E-state index contributed by atoms with van der Waals surface area (Å²) in [5.74, 6) is 0.0590. The largest absolute Gasteiger partial charge is 0.497 e. The van der Waals surface area contributed by atoms with Gasteiger partial charge in [-0.1, -0.05) is 39.8 Å². The second-order valence-corrected chi connectivity index (χ2v) is 7.25. The Labute approximate surface area is 144 Å². The molecule has 0 heterocycles. The van der Waals surface area contributed by atoms with Crippen molar-refractivity contribution < 1.29 is 19.1 Å². The van der Waals surface area contributed by atoms with Crippen molar-refractivity contribution in [2.45, 2.75) is 52.6 Å². The molecular weight excluding hydrogens is 304 g/mol. The Morgan fingerprint density at radius 2 is 1.67 bits per heavy atom. The fourth-order valence-electron chi connectivity index (χ4n) is 3.60. The number of carbonyl (C=O) groups excluding carboxylic acids is 2. The SMILES string of the molecule is COc1ccc([C@@H]2CCC(=O)[C@H]2C(=O)OC(C(C)C)C(C)C)cc1. The maximum atomic E-state index is 12.7. The summed E-state index contributed by atoms with van der Waals surface area (Å²) in [6.07, 6.45) is 0.964. The number of hydrogen-bond acceptors (Lipinski definition) is 4. The summed E-state index contributed by atoms with van der Waals surface area (Å²) in [6.45, 7) is 8.15. The van der Waals surface area contributed by atoms with Crippen molar-refractivity contribution in [3.05, 3.63) is 29.8 Å². The molecule has 24 heavy (non-hydrogen) atoms. The Kier molecular flexibility index (Phi) is 6.03. The molecule has 2 rings (SSSR count). The normalized spacial score (nSPS) is 20.9. The van der Waals surface area contributed by atoms with Crippen LogP contribution in [0.15, 0.2) is 24.3 Å². The molecule has 0 aliphatic heterocycles. The highest BCUT2D eigenvalue weighted by molar-refractivity contribution is 6.01. The molecule has 0 saturated heterocycles. The van der Waals surface area contributed by atoms with Gasteiger partial charge >= 0.3 is 5.97 Å². The second kappa shape index (κ2) is 7.82. The molecule has 0 unspecified atom stereocenters. The lowest BCUT2D eigenvalue weighted by atomic mass is 9.88. The summed E-state index contributed by atoms with van der Waals surface area (Å²) in [6, 6.07) is 7.60. The van der Waals surface area contributed by atoms with Gasteiger partial charge in [-0.05, 0) is 36.0 Å². The van der Waals surface area contributed by atoms with Gasteiger partial charge in [0.2, 0.25) is 0 Å². The van der Waals surface area contributed by atoms with Gasteiger partial charge in [0.05, 0.1) is 7.11 Å². The first-order valence-corrected chi connectivity index (χ1v) is 8.72. The molecule has 0 amide bonds. The maximum Gasteiger partial charge on any atom is 0.317 e. The lowest BCUT2D eigenvalue weighted by molar-refractivity contribution is -0.161. The van der Waals surface area contributed by atoms with Crippen LogP contribution in [-0.4, -0.2) is 25.0 Å². The van der Waals surface area contributed by atoms with E-state index in [1.165, 1.54) is 0 Å². The van der Waals surface area contributed by atoms with E-state index in [1.54, 1.807) is 7.11 Å². The maximum absolute atomic E-state index is 12.7. The van der Waals surface area contributed by atoms with Gasteiger partial charge in [0.1, 0.15) is 23.6 Å². The van der Waals surface area contributed by atoms with Crippen LogP contribution in [0.4, 0.5) is 0 Å². The van der Waals surface area contributed by atoms with Crippen molar-refractivity contribution >= 4 is 11.8 Å². The van der Waals surface area contributed by atoms with Gasteiger partial charge in [0.15, 0.2) is 0 Å². The molecular formula is C20H28O4. The smallest absolute Gasteiger partial charge is 0.317 e. The van der Waals surface area contributed by atoms with Crippen LogP contribution in [0.25, 0.3) is 0 Å². The number of carbonyl (C=O) groups is 2. The van der Waals surface area contributed by atoms with Crippen LogP contribution in [0.1, 0.15) is 52.0 Å². The Morgan fingerprint density at radius 1 is 1.08 bits per heavy atom. The number of ketones is 1. The number of hydrogen-bond donors (Lipinski definition) is 0. The molecule has 0 spiro atoms. The molecule has 1 fully saturated rings. The van der Waals surface area contributed by atoms with E-state index in [9.17, 15) is 9.59 Å². The van der Waals surface area contributed by atoms with E-state index in [0.29, 0.717) is 12.8 Å². The minimum Gasteiger partial charge on any atom is -0.497 e. The number of methoxy groups -OCH3 is 1. The molecule has 0 aromatic heterocycles. The van der Waals surface area contributed by atoms with E-state index >= 15 is 0 Å². The predicted molar refractivity (Wildman–Crippen MR) is 93.0 cm³/mol. The van der Waals surface area contributed by atoms with Gasteiger partial charge in [-0.2, -0.15) is 0 Å². The van der Waals surface area contributed by atoms with Crippen LogP contribution in [0.5, 0.6) is 5.75 Å². The molecule has 0 bridgehead atoms. The van der Waals surface area contributed by atoms with Gasteiger partial charge in [0.25, 0.3) is 0 Å². The monoisotopic (exact) mass is 332 g/mol.